The number of ether oxygens (including phenoxy) is 1. The molecule has 0 radical (unpaired) electrons. The van der Waals surface area contributed by atoms with Crippen LogP contribution in [0.3, 0.4) is 0 Å². The van der Waals surface area contributed by atoms with Crippen LogP contribution in [0.15, 0.2) is 54.6 Å². The number of rotatable bonds is 4. The molecule has 1 fully saturated rings. The molecule has 1 aliphatic rings. The summed E-state index contributed by atoms with van der Waals surface area (Å²) in [6, 6.07) is 15.1. The number of sulfonamides is 1. The summed E-state index contributed by atoms with van der Waals surface area (Å²) in [5, 5.41) is 0. The summed E-state index contributed by atoms with van der Waals surface area (Å²) in [4.78, 5) is 0. The molecule has 6 heteroatoms. The monoisotopic (exact) mass is 363 g/mol. The maximum Gasteiger partial charge on any atom is 0.218 e. The van der Waals surface area contributed by atoms with Crippen molar-refractivity contribution in [1.29, 1.82) is 0 Å². The van der Waals surface area contributed by atoms with E-state index in [1.54, 1.807) is 12.1 Å². The highest BCUT2D eigenvalue weighted by Gasteiger charge is 2.42. The minimum atomic E-state index is -3.51. The molecular formula is C19H22FNO3S. The van der Waals surface area contributed by atoms with Gasteiger partial charge in [0.05, 0.1) is 24.0 Å². The molecule has 0 aliphatic carbocycles. The Labute approximate surface area is 148 Å². The van der Waals surface area contributed by atoms with Gasteiger partial charge >= 0.3 is 0 Å². The van der Waals surface area contributed by atoms with Gasteiger partial charge in [0.15, 0.2) is 0 Å². The first-order valence-corrected chi connectivity index (χ1v) is 9.80. The minimum Gasteiger partial charge on any atom is -0.370 e. The van der Waals surface area contributed by atoms with E-state index in [0.717, 1.165) is 11.1 Å². The van der Waals surface area contributed by atoms with Crippen LogP contribution in [0, 0.1) is 5.82 Å². The van der Waals surface area contributed by atoms with E-state index in [1.165, 1.54) is 16.4 Å². The van der Waals surface area contributed by atoms with Crippen LogP contribution in [0.4, 0.5) is 4.39 Å². The Kier molecular flexibility index (Phi) is 4.95. The predicted octanol–water partition coefficient (Wildman–Crippen LogP) is 3.51. The average Bonchev–Trinajstić information content (AvgIpc) is 2.56. The maximum atomic E-state index is 13.1. The van der Waals surface area contributed by atoms with Crippen LogP contribution in [0.2, 0.25) is 0 Å². The lowest BCUT2D eigenvalue weighted by Gasteiger charge is -2.44. The molecule has 25 heavy (non-hydrogen) atoms. The number of halogens is 1. The van der Waals surface area contributed by atoms with Gasteiger partial charge in [-0.15, -0.1) is 0 Å². The van der Waals surface area contributed by atoms with E-state index in [1.807, 2.05) is 44.2 Å². The fraction of sp³-hybridized carbons (Fsp3) is 0.368. The van der Waals surface area contributed by atoms with Crippen molar-refractivity contribution < 1.29 is 17.5 Å². The van der Waals surface area contributed by atoms with E-state index in [2.05, 4.69) is 0 Å². The van der Waals surface area contributed by atoms with Crippen molar-refractivity contribution in [3.05, 3.63) is 71.5 Å². The zero-order valence-corrected chi connectivity index (χ0v) is 15.2. The second-order valence-corrected chi connectivity index (χ2v) is 8.83. The van der Waals surface area contributed by atoms with Crippen LogP contribution in [-0.2, 0) is 20.5 Å². The first-order valence-electron chi connectivity index (χ1n) is 8.19. The summed E-state index contributed by atoms with van der Waals surface area (Å²) in [6.45, 7) is 4.21. The van der Waals surface area contributed by atoms with Gasteiger partial charge in [-0.2, -0.15) is 4.31 Å². The van der Waals surface area contributed by atoms with Gasteiger partial charge in [0.1, 0.15) is 5.82 Å². The number of benzene rings is 2. The third-order valence-corrected chi connectivity index (χ3v) is 6.43. The third-order valence-electron chi connectivity index (χ3n) is 4.41. The molecule has 0 N–H and O–H groups in total. The number of nitrogens with zero attached hydrogens (tertiary/aromatic N) is 1. The Morgan fingerprint density at radius 1 is 1.12 bits per heavy atom. The topological polar surface area (TPSA) is 46.6 Å². The molecule has 1 saturated heterocycles. The highest BCUT2D eigenvalue weighted by Crippen LogP contribution is 2.33. The third kappa shape index (κ3) is 4.08. The van der Waals surface area contributed by atoms with Crippen molar-refractivity contribution in [3.63, 3.8) is 0 Å². The van der Waals surface area contributed by atoms with Gasteiger partial charge in [-0.3, -0.25) is 0 Å². The van der Waals surface area contributed by atoms with Gasteiger partial charge in [0.25, 0.3) is 0 Å². The Morgan fingerprint density at radius 2 is 1.76 bits per heavy atom. The number of hydrogen-bond acceptors (Lipinski definition) is 3. The fourth-order valence-electron chi connectivity index (χ4n) is 3.06. The van der Waals surface area contributed by atoms with E-state index in [-0.39, 0.29) is 24.7 Å². The molecule has 1 atom stereocenters. The van der Waals surface area contributed by atoms with Crippen LogP contribution in [0.1, 0.15) is 31.1 Å². The van der Waals surface area contributed by atoms with Crippen LogP contribution in [0.5, 0.6) is 0 Å². The zero-order valence-electron chi connectivity index (χ0n) is 14.4. The maximum absolute atomic E-state index is 13.1. The summed E-state index contributed by atoms with van der Waals surface area (Å²) in [7, 11) is -3.51. The van der Waals surface area contributed by atoms with E-state index in [9.17, 15) is 12.8 Å². The minimum absolute atomic E-state index is 0.0482. The smallest absolute Gasteiger partial charge is 0.218 e. The molecule has 0 amide bonds. The fourth-order valence-corrected chi connectivity index (χ4v) is 5.00. The molecule has 2 aromatic rings. The average molecular weight is 363 g/mol. The summed E-state index contributed by atoms with van der Waals surface area (Å²) in [5.74, 6) is -0.374. The largest absolute Gasteiger partial charge is 0.370 e. The second kappa shape index (κ2) is 6.86. The molecule has 1 heterocycles. The quantitative estimate of drug-likeness (QED) is 0.835. The SMILES string of the molecule is CC1(C)COC(c2ccc(F)cc2)CN1S(=O)(=O)Cc1ccccc1. The van der Waals surface area contributed by atoms with Crippen LogP contribution < -0.4 is 0 Å². The molecule has 1 aliphatic heterocycles. The van der Waals surface area contributed by atoms with Gasteiger partial charge in [-0.05, 0) is 37.1 Å². The van der Waals surface area contributed by atoms with E-state index in [4.69, 9.17) is 4.74 Å². The molecule has 1 unspecified atom stereocenters. The second-order valence-electron chi connectivity index (χ2n) is 6.94. The van der Waals surface area contributed by atoms with Crippen LogP contribution >= 0.6 is 0 Å². The van der Waals surface area contributed by atoms with Crippen molar-refractivity contribution in [3.8, 4) is 0 Å². The first kappa shape index (κ1) is 18.0. The molecule has 134 valence electrons. The van der Waals surface area contributed by atoms with E-state index in [0.29, 0.717) is 0 Å². The standard InChI is InChI=1S/C19H22FNO3S/c1-19(2)14-24-18(16-8-10-17(20)11-9-16)12-21(19)25(22,23)13-15-6-4-3-5-7-15/h3-11,18H,12-14H2,1-2H3. The van der Waals surface area contributed by atoms with Crippen LogP contribution in [-0.4, -0.2) is 31.4 Å². The number of morpholine rings is 1. The molecule has 0 saturated carbocycles. The van der Waals surface area contributed by atoms with Crippen molar-refractivity contribution >= 4 is 10.0 Å². The Bertz CT molecular complexity index is 820. The number of hydrogen-bond donors (Lipinski definition) is 0. The van der Waals surface area contributed by atoms with Gasteiger partial charge in [-0.25, -0.2) is 12.8 Å². The first-order chi connectivity index (χ1) is 11.8. The Balaban J connectivity index is 1.85. The van der Waals surface area contributed by atoms with Crippen LogP contribution in [0.25, 0.3) is 0 Å². The normalized spacial score (nSPS) is 21.2. The highest BCUT2D eigenvalue weighted by atomic mass is 32.2. The predicted molar refractivity (Wildman–Crippen MR) is 94.9 cm³/mol. The Hall–Kier alpha value is -1.76. The lowest BCUT2D eigenvalue weighted by molar-refractivity contribution is -0.0656. The van der Waals surface area contributed by atoms with Gasteiger partial charge < -0.3 is 4.74 Å². The zero-order chi connectivity index (χ0) is 18.1. The van der Waals surface area contributed by atoms with Crippen molar-refractivity contribution in [2.24, 2.45) is 0 Å². The summed E-state index contributed by atoms with van der Waals surface area (Å²) in [5.41, 5.74) is 0.893. The molecule has 2 aromatic carbocycles. The molecule has 0 spiro atoms. The highest BCUT2D eigenvalue weighted by molar-refractivity contribution is 7.88. The molecule has 0 aromatic heterocycles. The summed E-state index contributed by atoms with van der Waals surface area (Å²) >= 11 is 0. The summed E-state index contributed by atoms with van der Waals surface area (Å²) in [6.07, 6.45) is -0.404. The summed E-state index contributed by atoms with van der Waals surface area (Å²) < 4.78 is 46.5. The molecular weight excluding hydrogens is 341 g/mol. The van der Waals surface area contributed by atoms with Crippen molar-refractivity contribution in [2.75, 3.05) is 13.2 Å². The van der Waals surface area contributed by atoms with Crippen molar-refractivity contribution in [2.45, 2.75) is 31.2 Å². The lowest BCUT2D eigenvalue weighted by atomic mass is 10.0. The molecule has 0 bridgehead atoms. The molecule has 4 nitrogen and oxygen atoms in total. The molecule has 3 rings (SSSR count). The lowest BCUT2D eigenvalue weighted by Crippen LogP contribution is -2.56. The van der Waals surface area contributed by atoms with E-state index < -0.39 is 21.7 Å². The van der Waals surface area contributed by atoms with Gasteiger partial charge in [0, 0.05) is 6.54 Å². The van der Waals surface area contributed by atoms with Gasteiger partial charge in [0.2, 0.25) is 10.0 Å². The van der Waals surface area contributed by atoms with Crippen molar-refractivity contribution in [1.82, 2.24) is 4.31 Å². The van der Waals surface area contributed by atoms with Gasteiger partial charge in [-0.1, -0.05) is 42.5 Å². The Morgan fingerprint density at radius 3 is 2.40 bits per heavy atom. The van der Waals surface area contributed by atoms with E-state index >= 15 is 0 Å².